The Morgan fingerprint density at radius 2 is 1.44 bits per heavy atom. The fourth-order valence-electron chi connectivity index (χ4n) is 0.919. The minimum absolute atomic E-state index is 0.0660. The maximum absolute atomic E-state index is 12.6. The zero-order chi connectivity index (χ0) is 12.6. The van der Waals surface area contributed by atoms with E-state index in [-0.39, 0.29) is 18.2 Å². The van der Waals surface area contributed by atoms with Gasteiger partial charge >= 0.3 is 12.5 Å². The molecule has 0 radical (unpaired) electrons. The lowest BCUT2D eigenvalue weighted by atomic mass is 10.2. The number of benzene rings is 1. The molecule has 0 unspecified atom stereocenters. The van der Waals surface area contributed by atoms with E-state index >= 15 is 0 Å². The first-order chi connectivity index (χ1) is 7.08. The van der Waals surface area contributed by atoms with Crippen molar-refractivity contribution in [1.29, 1.82) is 0 Å². The molecule has 0 saturated carbocycles. The van der Waals surface area contributed by atoms with Crippen molar-refractivity contribution in [3.05, 3.63) is 29.6 Å². The second kappa shape index (κ2) is 3.84. The number of ether oxygens (including phenoxy) is 1. The molecular weight excluding hydrogens is 245 g/mol. The third-order valence-corrected chi connectivity index (χ3v) is 1.43. The van der Waals surface area contributed by atoms with Crippen molar-refractivity contribution < 1.29 is 35.5 Å². The van der Waals surface area contributed by atoms with E-state index in [0.29, 0.717) is 0 Å². The first kappa shape index (κ1) is 12.6. The molecule has 0 spiro atoms. The number of hydrogen-bond acceptors (Lipinski definition) is 1. The van der Waals surface area contributed by atoms with Gasteiger partial charge in [0.25, 0.3) is 0 Å². The van der Waals surface area contributed by atoms with Crippen molar-refractivity contribution in [2.45, 2.75) is 12.5 Å². The molecule has 0 atom stereocenters. The van der Waals surface area contributed by atoms with Crippen molar-refractivity contribution in [3.8, 4) is 5.75 Å². The molecule has 1 nitrogen and oxygen atoms in total. The summed E-state index contributed by atoms with van der Waals surface area (Å²) in [6.07, 6.45) is -10.1. The lowest BCUT2D eigenvalue weighted by molar-refractivity contribution is -0.274. The first-order valence-electron chi connectivity index (χ1n) is 3.71. The summed E-state index contributed by atoms with van der Waals surface area (Å²) in [5.74, 6) is -2.71. The van der Waals surface area contributed by atoms with Gasteiger partial charge in [0.2, 0.25) is 0 Å². The normalized spacial score (nSPS) is 12.7. The second-order valence-corrected chi connectivity index (χ2v) is 2.72. The summed E-state index contributed by atoms with van der Waals surface area (Å²) < 4.78 is 87.0. The van der Waals surface area contributed by atoms with E-state index in [9.17, 15) is 30.7 Å². The van der Waals surface area contributed by atoms with Gasteiger partial charge < -0.3 is 4.74 Å². The lowest BCUT2D eigenvalue weighted by Crippen LogP contribution is -2.18. The van der Waals surface area contributed by atoms with Gasteiger partial charge in [-0.1, -0.05) is 0 Å². The molecule has 8 heteroatoms. The predicted octanol–water partition coefficient (Wildman–Crippen LogP) is 3.74. The van der Waals surface area contributed by atoms with E-state index in [4.69, 9.17) is 0 Å². The summed E-state index contributed by atoms with van der Waals surface area (Å²) in [7, 11) is 0. The summed E-state index contributed by atoms with van der Waals surface area (Å²) in [5.41, 5.74) is -1.55. The maximum Gasteiger partial charge on any atom is 0.573 e. The molecular formula is C8H3F7O. The Balaban J connectivity index is 3.09. The van der Waals surface area contributed by atoms with Crippen LogP contribution >= 0.6 is 0 Å². The SMILES string of the molecule is Fc1cc(OC(F)(F)F)cc(C(F)(F)F)c1. The van der Waals surface area contributed by atoms with Gasteiger partial charge in [-0.3, -0.25) is 0 Å². The number of rotatable bonds is 1. The highest BCUT2D eigenvalue weighted by Gasteiger charge is 2.35. The molecule has 0 aliphatic carbocycles. The molecule has 1 rings (SSSR count). The minimum atomic E-state index is -5.17. The quantitative estimate of drug-likeness (QED) is 0.688. The van der Waals surface area contributed by atoms with E-state index in [1.54, 1.807) is 0 Å². The molecule has 0 aromatic heterocycles. The van der Waals surface area contributed by atoms with Crippen LogP contribution in [0, 0.1) is 5.82 Å². The van der Waals surface area contributed by atoms with Gasteiger partial charge in [0.05, 0.1) is 5.56 Å². The highest BCUT2D eigenvalue weighted by atomic mass is 19.4. The summed E-state index contributed by atoms with van der Waals surface area (Å²) >= 11 is 0. The summed E-state index contributed by atoms with van der Waals surface area (Å²) in [6, 6.07) is 0.350. The Kier molecular flexibility index (Phi) is 3.02. The third-order valence-electron chi connectivity index (χ3n) is 1.43. The lowest BCUT2D eigenvalue weighted by Gasteiger charge is -2.12. The van der Waals surface area contributed by atoms with E-state index in [1.165, 1.54) is 0 Å². The van der Waals surface area contributed by atoms with Crippen LogP contribution in [0.15, 0.2) is 18.2 Å². The summed E-state index contributed by atoms with van der Waals surface area (Å²) in [5, 5.41) is 0. The molecule has 0 aliphatic rings. The van der Waals surface area contributed by atoms with E-state index in [0.717, 1.165) is 0 Å². The number of halogens is 7. The van der Waals surface area contributed by atoms with Crippen molar-refractivity contribution in [2.24, 2.45) is 0 Å². The van der Waals surface area contributed by atoms with Gasteiger partial charge in [-0.05, 0) is 12.1 Å². The zero-order valence-electron chi connectivity index (χ0n) is 7.29. The highest BCUT2D eigenvalue weighted by Crippen LogP contribution is 2.33. The molecule has 1 aromatic rings. The molecule has 0 aliphatic heterocycles. The topological polar surface area (TPSA) is 9.23 Å². The van der Waals surface area contributed by atoms with Crippen LogP contribution < -0.4 is 4.74 Å². The van der Waals surface area contributed by atoms with E-state index in [2.05, 4.69) is 4.74 Å². The largest absolute Gasteiger partial charge is 0.573 e. The van der Waals surface area contributed by atoms with Crippen LogP contribution in [-0.2, 0) is 6.18 Å². The second-order valence-electron chi connectivity index (χ2n) is 2.72. The fourth-order valence-corrected chi connectivity index (χ4v) is 0.919. The predicted molar refractivity (Wildman–Crippen MR) is 38.1 cm³/mol. The monoisotopic (exact) mass is 248 g/mol. The highest BCUT2D eigenvalue weighted by molar-refractivity contribution is 5.31. The van der Waals surface area contributed by atoms with E-state index < -0.39 is 29.7 Å². The van der Waals surface area contributed by atoms with Crippen LogP contribution in [0.2, 0.25) is 0 Å². The van der Waals surface area contributed by atoms with Crippen LogP contribution in [0.3, 0.4) is 0 Å². The van der Waals surface area contributed by atoms with Gasteiger partial charge in [-0.15, -0.1) is 13.2 Å². The Labute approximate surface area is 84.4 Å². The fraction of sp³-hybridized carbons (Fsp3) is 0.250. The Morgan fingerprint density at radius 1 is 0.875 bits per heavy atom. The van der Waals surface area contributed by atoms with Crippen molar-refractivity contribution >= 4 is 0 Å². The van der Waals surface area contributed by atoms with Crippen LogP contribution in [-0.4, -0.2) is 6.36 Å². The van der Waals surface area contributed by atoms with Gasteiger partial charge in [-0.25, -0.2) is 4.39 Å². The van der Waals surface area contributed by atoms with Crippen LogP contribution in [0.4, 0.5) is 30.7 Å². The first-order valence-corrected chi connectivity index (χ1v) is 3.71. The van der Waals surface area contributed by atoms with Crippen molar-refractivity contribution in [1.82, 2.24) is 0 Å². The van der Waals surface area contributed by atoms with Crippen molar-refractivity contribution in [2.75, 3.05) is 0 Å². The smallest absolute Gasteiger partial charge is 0.406 e. The molecule has 16 heavy (non-hydrogen) atoms. The molecule has 0 fully saturated rings. The van der Waals surface area contributed by atoms with Crippen LogP contribution in [0.25, 0.3) is 0 Å². The van der Waals surface area contributed by atoms with Gasteiger partial charge in [0.1, 0.15) is 11.6 Å². The molecule has 1 aromatic carbocycles. The maximum atomic E-state index is 12.6. The number of alkyl halides is 6. The Hall–Kier alpha value is -1.47. The summed E-state index contributed by atoms with van der Waals surface area (Å²) in [6.45, 7) is 0. The van der Waals surface area contributed by atoms with E-state index in [1.807, 2.05) is 0 Å². The third kappa shape index (κ3) is 3.59. The Morgan fingerprint density at radius 3 is 1.88 bits per heavy atom. The summed E-state index contributed by atoms with van der Waals surface area (Å²) in [4.78, 5) is 0. The van der Waals surface area contributed by atoms with Crippen LogP contribution in [0.1, 0.15) is 5.56 Å². The number of hydrogen-bond donors (Lipinski definition) is 0. The zero-order valence-corrected chi connectivity index (χ0v) is 7.29. The molecule has 0 heterocycles. The average molecular weight is 248 g/mol. The average Bonchev–Trinajstić information content (AvgIpc) is 1.97. The minimum Gasteiger partial charge on any atom is -0.406 e. The van der Waals surface area contributed by atoms with Gasteiger partial charge in [0, 0.05) is 6.07 Å². The van der Waals surface area contributed by atoms with Crippen molar-refractivity contribution in [3.63, 3.8) is 0 Å². The van der Waals surface area contributed by atoms with Crippen LogP contribution in [0.5, 0.6) is 5.75 Å². The standard InChI is InChI=1S/C8H3F7O/c9-5-1-4(7(10,11)12)2-6(3-5)16-8(13,14)15/h1-3H. The molecule has 0 bridgehead atoms. The molecule has 0 N–H and O–H groups in total. The molecule has 0 saturated heterocycles. The molecule has 90 valence electrons. The Bertz CT molecular complexity index is 379. The van der Waals surface area contributed by atoms with Gasteiger partial charge in [-0.2, -0.15) is 13.2 Å². The molecule has 0 amide bonds. The van der Waals surface area contributed by atoms with Gasteiger partial charge in [0.15, 0.2) is 0 Å².